The zero-order valence-electron chi connectivity index (χ0n) is 10.9. The van der Waals surface area contributed by atoms with Crippen LogP contribution in [0.4, 0.5) is 5.69 Å². The van der Waals surface area contributed by atoms with Gasteiger partial charge in [0.15, 0.2) is 5.84 Å². The summed E-state index contributed by atoms with van der Waals surface area (Å²) >= 11 is 0. The van der Waals surface area contributed by atoms with E-state index in [9.17, 15) is 8.42 Å². The average molecular weight is 303 g/mol. The number of ether oxygens (including phenoxy) is 2. The minimum atomic E-state index is -3.53. The Hall–Kier alpha value is -2.00. The van der Waals surface area contributed by atoms with E-state index in [4.69, 9.17) is 20.4 Å². The Morgan fingerprint density at radius 2 is 2.15 bits per heavy atom. The zero-order valence-corrected chi connectivity index (χ0v) is 11.8. The number of para-hydroxylation sites is 2. The molecule has 20 heavy (non-hydrogen) atoms. The smallest absolute Gasteiger partial charge is 0.235 e. The van der Waals surface area contributed by atoms with Gasteiger partial charge in [0, 0.05) is 7.11 Å². The molecule has 4 N–H and O–H groups in total. The highest BCUT2D eigenvalue weighted by Crippen LogP contribution is 2.24. The summed E-state index contributed by atoms with van der Waals surface area (Å²) in [6, 6.07) is 6.45. The summed E-state index contributed by atoms with van der Waals surface area (Å²) in [7, 11) is -2.11. The van der Waals surface area contributed by atoms with Crippen LogP contribution in [-0.2, 0) is 14.8 Å². The van der Waals surface area contributed by atoms with E-state index in [0.717, 1.165) is 0 Å². The van der Waals surface area contributed by atoms with Gasteiger partial charge in [-0.15, -0.1) is 0 Å². The maximum absolute atomic E-state index is 11.8. The monoisotopic (exact) mass is 303 g/mol. The molecule has 0 unspecified atom stereocenters. The van der Waals surface area contributed by atoms with E-state index >= 15 is 0 Å². The number of nitrogens with two attached hydrogens (primary N) is 1. The molecule has 0 aliphatic carbocycles. The molecular formula is C11H17N3O5S. The SMILES string of the molecule is COCCS(=O)(=O)Nc1ccccc1OCC(N)=NO. The summed E-state index contributed by atoms with van der Waals surface area (Å²) in [6.45, 7) is -0.0736. The maximum atomic E-state index is 11.8. The molecule has 0 saturated heterocycles. The van der Waals surface area contributed by atoms with Gasteiger partial charge in [0.05, 0.1) is 18.0 Å². The number of nitrogens with one attached hydrogen (secondary N) is 1. The summed E-state index contributed by atoms with van der Waals surface area (Å²) in [4.78, 5) is 0. The number of oxime groups is 1. The third-order valence-electron chi connectivity index (χ3n) is 2.21. The minimum absolute atomic E-state index is 0.0858. The van der Waals surface area contributed by atoms with E-state index in [1.807, 2.05) is 0 Å². The number of benzene rings is 1. The Balaban J connectivity index is 2.80. The van der Waals surface area contributed by atoms with Gasteiger partial charge in [0.2, 0.25) is 10.0 Å². The first kappa shape index (κ1) is 16.1. The Labute approximate surface area is 117 Å². The van der Waals surface area contributed by atoms with Crippen molar-refractivity contribution in [3.8, 4) is 5.75 Å². The lowest BCUT2D eigenvalue weighted by Crippen LogP contribution is -2.22. The second-order valence-electron chi connectivity index (χ2n) is 3.79. The summed E-state index contributed by atoms with van der Waals surface area (Å²) in [5, 5.41) is 11.2. The highest BCUT2D eigenvalue weighted by atomic mass is 32.2. The van der Waals surface area contributed by atoms with Crippen molar-refractivity contribution >= 4 is 21.5 Å². The van der Waals surface area contributed by atoms with Gasteiger partial charge in [-0.25, -0.2) is 8.42 Å². The van der Waals surface area contributed by atoms with Gasteiger partial charge in [-0.3, -0.25) is 4.72 Å². The number of rotatable bonds is 8. The fraction of sp³-hybridized carbons (Fsp3) is 0.364. The van der Waals surface area contributed by atoms with Crippen molar-refractivity contribution in [3.63, 3.8) is 0 Å². The van der Waals surface area contributed by atoms with Crippen LogP contribution >= 0.6 is 0 Å². The van der Waals surface area contributed by atoms with Crippen molar-refractivity contribution in [2.24, 2.45) is 10.9 Å². The van der Waals surface area contributed by atoms with Crippen LogP contribution in [0.2, 0.25) is 0 Å². The number of hydrogen-bond donors (Lipinski definition) is 3. The topological polar surface area (TPSA) is 123 Å². The number of hydrogen-bond acceptors (Lipinski definition) is 6. The molecule has 0 spiro atoms. The molecule has 1 aromatic carbocycles. The Bertz CT molecular complexity index is 559. The van der Waals surface area contributed by atoms with E-state index < -0.39 is 10.0 Å². The van der Waals surface area contributed by atoms with Crippen LogP contribution in [0.3, 0.4) is 0 Å². The summed E-state index contributed by atoms with van der Waals surface area (Å²) in [5.74, 6) is -0.0138. The Morgan fingerprint density at radius 3 is 2.80 bits per heavy atom. The van der Waals surface area contributed by atoms with E-state index in [2.05, 4.69) is 9.88 Å². The molecule has 0 amide bonds. The van der Waals surface area contributed by atoms with Crippen molar-refractivity contribution in [1.29, 1.82) is 0 Å². The standard InChI is InChI=1S/C11H17N3O5S/c1-18-6-7-20(16,17)14-9-4-2-3-5-10(9)19-8-11(12)13-15/h2-5,14-15H,6-8H2,1H3,(H2,12,13). The summed E-state index contributed by atoms with van der Waals surface area (Å²) < 4.78 is 35.9. The first-order valence-corrected chi connectivity index (χ1v) is 7.31. The first-order valence-electron chi connectivity index (χ1n) is 5.66. The molecule has 0 radical (unpaired) electrons. The molecule has 0 aliphatic heterocycles. The van der Waals surface area contributed by atoms with E-state index in [1.165, 1.54) is 7.11 Å². The van der Waals surface area contributed by atoms with Crippen LogP contribution in [0.1, 0.15) is 0 Å². The third kappa shape index (κ3) is 5.33. The number of sulfonamides is 1. The molecule has 1 aromatic rings. The fourth-order valence-corrected chi connectivity index (χ4v) is 2.26. The Morgan fingerprint density at radius 1 is 1.45 bits per heavy atom. The number of anilines is 1. The van der Waals surface area contributed by atoms with Gasteiger partial charge in [-0.05, 0) is 12.1 Å². The van der Waals surface area contributed by atoms with Gasteiger partial charge < -0.3 is 20.4 Å². The molecule has 1 rings (SSSR count). The lowest BCUT2D eigenvalue weighted by Gasteiger charge is -2.13. The van der Waals surface area contributed by atoms with E-state index in [1.54, 1.807) is 24.3 Å². The summed E-state index contributed by atoms with van der Waals surface area (Å²) in [5.41, 5.74) is 5.56. The molecule has 0 heterocycles. The number of amidine groups is 1. The minimum Gasteiger partial charge on any atom is -0.483 e. The molecule has 0 atom stereocenters. The highest BCUT2D eigenvalue weighted by Gasteiger charge is 2.13. The van der Waals surface area contributed by atoms with Crippen LogP contribution in [0.15, 0.2) is 29.4 Å². The average Bonchev–Trinajstić information content (AvgIpc) is 2.43. The van der Waals surface area contributed by atoms with Crippen molar-refractivity contribution in [2.45, 2.75) is 0 Å². The summed E-state index contributed by atoms with van der Waals surface area (Å²) in [6.07, 6.45) is 0. The van der Waals surface area contributed by atoms with Gasteiger partial charge in [0.25, 0.3) is 0 Å². The van der Waals surface area contributed by atoms with Crippen LogP contribution < -0.4 is 15.2 Å². The Kier molecular flexibility index (Phi) is 6.07. The molecular weight excluding hydrogens is 286 g/mol. The third-order valence-corrected chi connectivity index (χ3v) is 3.45. The first-order chi connectivity index (χ1) is 9.48. The van der Waals surface area contributed by atoms with Crippen LogP contribution in [0.25, 0.3) is 0 Å². The fourth-order valence-electron chi connectivity index (χ4n) is 1.27. The molecule has 0 fully saturated rings. The van der Waals surface area contributed by atoms with Crippen molar-refractivity contribution in [3.05, 3.63) is 24.3 Å². The van der Waals surface area contributed by atoms with Crippen LogP contribution in [0.5, 0.6) is 5.75 Å². The molecule has 9 heteroatoms. The second kappa shape index (κ2) is 7.56. The lowest BCUT2D eigenvalue weighted by molar-refractivity contribution is 0.217. The van der Waals surface area contributed by atoms with Crippen molar-refractivity contribution in [1.82, 2.24) is 0 Å². The quantitative estimate of drug-likeness (QED) is 0.273. The predicted molar refractivity (Wildman–Crippen MR) is 74.6 cm³/mol. The number of methoxy groups -OCH3 is 1. The van der Waals surface area contributed by atoms with Gasteiger partial charge in [-0.2, -0.15) is 0 Å². The maximum Gasteiger partial charge on any atom is 0.235 e. The number of nitrogens with zero attached hydrogens (tertiary/aromatic N) is 1. The van der Waals surface area contributed by atoms with Crippen LogP contribution in [0, 0.1) is 0 Å². The molecule has 0 aliphatic rings. The molecule has 112 valence electrons. The zero-order chi connectivity index (χ0) is 15.0. The molecule has 0 saturated carbocycles. The lowest BCUT2D eigenvalue weighted by atomic mass is 10.3. The molecule has 0 aromatic heterocycles. The largest absolute Gasteiger partial charge is 0.483 e. The van der Waals surface area contributed by atoms with Crippen molar-refractivity contribution < 1.29 is 23.1 Å². The van der Waals surface area contributed by atoms with Gasteiger partial charge in [0.1, 0.15) is 12.4 Å². The predicted octanol–water partition coefficient (Wildman–Crippen LogP) is 0.200. The highest BCUT2D eigenvalue weighted by molar-refractivity contribution is 7.92. The normalized spacial score (nSPS) is 12.2. The molecule has 8 nitrogen and oxygen atoms in total. The van der Waals surface area contributed by atoms with E-state index in [0.29, 0.717) is 0 Å². The van der Waals surface area contributed by atoms with Gasteiger partial charge in [-0.1, -0.05) is 17.3 Å². The second-order valence-corrected chi connectivity index (χ2v) is 5.63. The van der Waals surface area contributed by atoms with Gasteiger partial charge >= 0.3 is 0 Å². The molecule has 0 bridgehead atoms. The van der Waals surface area contributed by atoms with E-state index in [-0.39, 0.29) is 36.2 Å². The van der Waals surface area contributed by atoms with Crippen LogP contribution in [-0.4, -0.2) is 45.5 Å². The van der Waals surface area contributed by atoms with Crippen molar-refractivity contribution in [2.75, 3.05) is 30.8 Å².